The molecule has 0 aliphatic carbocycles. The number of nitrogens with one attached hydrogen (secondary N) is 1. The van der Waals surface area contributed by atoms with E-state index in [1.807, 2.05) is 91.9 Å². The van der Waals surface area contributed by atoms with Crippen LogP contribution in [-0.4, -0.2) is 30.8 Å². The monoisotopic (exact) mass is 483 g/mol. The summed E-state index contributed by atoms with van der Waals surface area (Å²) in [6.45, 7) is 5.92. The number of nitrogens with zero attached hydrogens (tertiary/aromatic N) is 4. The SMILES string of the molecule is Cc1ccc(C)c(-n2c(=O)c3ccccc3n3c(SCC(=O)NC(C)c4ccccc4)nnc23)c1. The van der Waals surface area contributed by atoms with Gasteiger partial charge in [0.05, 0.1) is 28.4 Å². The number of aryl methyl sites for hydroxylation is 2. The lowest BCUT2D eigenvalue weighted by atomic mass is 10.1. The van der Waals surface area contributed by atoms with Crippen molar-refractivity contribution >= 4 is 34.3 Å². The van der Waals surface area contributed by atoms with Gasteiger partial charge in [0.1, 0.15) is 0 Å². The standard InChI is InChI=1S/C27H25N5O2S/c1-17-13-14-18(2)23(15-17)31-25(34)21-11-7-8-12-22(21)32-26(31)29-30-27(32)35-16-24(33)28-19(3)20-9-5-4-6-10-20/h4-15,19H,16H2,1-3H3,(H,28,33). The second kappa shape index (κ2) is 9.38. The maximum atomic E-state index is 13.5. The Morgan fingerprint density at radius 1 is 1.00 bits per heavy atom. The summed E-state index contributed by atoms with van der Waals surface area (Å²) in [6, 6.07) is 23.1. The Morgan fingerprint density at radius 3 is 2.54 bits per heavy atom. The zero-order valence-corrected chi connectivity index (χ0v) is 20.5. The topological polar surface area (TPSA) is 81.3 Å². The number of hydrogen-bond acceptors (Lipinski definition) is 5. The molecule has 3 aromatic carbocycles. The van der Waals surface area contributed by atoms with E-state index in [0.29, 0.717) is 21.8 Å². The average molecular weight is 484 g/mol. The van der Waals surface area contributed by atoms with Crippen molar-refractivity contribution in [1.82, 2.24) is 24.5 Å². The minimum absolute atomic E-state index is 0.102. The summed E-state index contributed by atoms with van der Waals surface area (Å²) in [5.41, 5.74) is 4.37. The molecule has 7 nitrogen and oxygen atoms in total. The normalized spacial score (nSPS) is 12.2. The lowest BCUT2D eigenvalue weighted by Gasteiger charge is -2.15. The van der Waals surface area contributed by atoms with Crippen LogP contribution in [0.1, 0.15) is 29.7 Å². The molecule has 35 heavy (non-hydrogen) atoms. The summed E-state index contributed by atoms with van der Waals surface area (Å²) in [5.74, 6) is 0.493. The van der Waals surface area contributed by atoms with Crippen molar-refractivity contribution in [2.45, 2.75) is 32.0 Å². The van der Waals surface area contributed by atoms with Crippen LogP contribution in [0.3, 0.4) is 0 Å². The van der Waals surface area contributed by atoms with Crippen LogP contribution in [0, 0.1) is 13.8 Å². The van der Waals surface area contributed by atoms with Gasteiger partial charge in [-0.3, -0.25) is 14.0 Å². The van der Waals surface area contributed by atoms with Crippen LogP contribution in [0.2, 0.25) is 0 Å². The Bertz CT molecular complexity index is 1610. The third kappa shape index (κ3) is 4.33. The zero-order valence-electron chi connectivity index (χ0n) is 19.7. The number of thioether (sulfide) groups is 1. The molecular weight excluding hydrogens is 458 g/mol. The third-order valence-electron chi connectivity index (χ3n) is 6.01. The molecule has 0 radical (unpaired) electrons. The molecule has 0 aliphatic rings. The first-order valence-corrected chi connectivity index (χ1v) is 12.4. The Morgan fingerprint density at radius 2 is 1.74 bits per heavy atom. The van der Waals surface area contributed by atoms with Gasteiger partial charge in [0.15, 0.2) is 5.16 Å². The van der Waals surface area contributed by atoms with E-state index in [1.54, 1.807) is 10.6 Å². The van der Waals surface area contributed by atoms with Crippen LogP contribution < -0.4 is 10.9 Å². The molecule has 2 heterocycles. The lowest BCUT2D eigenvalue weighted by Crippen LogP contribution is -2.28. The Balaban J connectivity index is 1.53. The highest BCUT2D eigenvalue weighted by Crippen LogP contribution is 2.25. The summed E-state index contributed by atoms with van der Waals surface area (Å²) in [4.78, 5) is 26.3. The van der Waals surface area contributed by atoms with E-state index in [4.69, 9.17) is 0 Å². The molecule has 0 saturated heterocycles. The Kier molecular flexibility index (Phi) is 6.13. The summed E-state index contributed by atoms with van der Waals surface area (Å²) < 4.78 is 3.47. The summed E-state index contributed by atoms with van der Waals surface area (Å²) in [5, 5.41) is 12.9. The highest BCUT2D eigenvalue weighted by Gasteiger charge is 2.20. The molecule has 0 spiro atoms. The molecule has 0 aliphatic heterocycles. The van der Waals surface area contributed by atoms with E-state index < -0.39 is 0 Å². The number of para-hydroxylation sites is 1. The van der Waals surface area contributed by atoms with Gasteiger partial charge in [-0.2, -0.15) is 0 Å². The number of carbonyl (C=O) groups excluding carboxylic acids is 1. The van der Waals surface area contributed by atoms with Gasteiger partial charge in [0.25, 0.3) is 5.56 Å². The molecule has 2 aromatic heterocycles. The number of amides is 1. The second-order valence-corrected chi connectivity index (χ2v) is 9.50. The molecule has 5 rings (SSSR count). The summed E-state index contributed by atoms with van der Waals surface area (Å²) >= 11 is 1.30. The maximum absolute atomic E-state index is 13.5. The third-order valence-corrected chi connectivity index (χ3v) is 6.94. The second-order valence-electron chi connectivity index (χ2n) is 8.55. The van der Waals surface area contributed by atoms with Crippen LogP contribution in [-0.2, 0) is 4.79 Å². The molecule has 1 atom stereocenters. The summed E-state index contributed by atoms with van der Waals surface area (Å²) in [6.07, 6.45) is 0. The fourth-order valence-corrected chi connectivity index (χ4v) is 4.94. The van der Waals surface area contributed by atoms with E-state index in [-0.39, 0.29) is 23.3 Å². The van der Waals surface area contributed by atoms with E-state index in [1.165, 1.54) is 11.8 Å². The maximum Gasteiger partial charge on any atom is 0.267 e. The van der Waals surface area contributed by atoms with Crippen molar-refractivity contribution in [2.24, 2.45) is 0 Å². The predicted octanol–water partition coefficient (Wildman–Crippen LogP) is 4.62. The largest absolute Gasteiger partial charge is 0.349 e. The Hall–Kier alpha value is -3.91. The molecular formula is C27H25N5O2S. The molecule has 0 fully saturated rings. The van der Waals surface area contributed by atoms with Crippen LogP contribution in [0.15, 0.2) is 82.7 Å². The smallest absolute Gasteiger partial charge is 0.267 e. The molecule has 0 bridgehead atoms. The quantitative estimate of drug-likeness (QED) is 0.357. The van der Waals surface area contributed by atoms with E-state index in [2.05, 4.69) is 15.5 Å². The molecule has 8 heteroatoms. The van der Waals surface area contributed by atoms with Gasteiger partial charge in [0, 0.05) is 0 Å². The van der Waals surface area contributed by atoms with Crippen LogP contribution >= 0.6 is 11.8 Å². The molecule has 1 amide bonds. The van der Waals surface area contributed by atoms with E-state index in [0.717, 1.165) is 22.4 Å². The fraction of sp³-hybridized carbons (Fsp3) is 0.185. The van der Waals surface area contributed by atoms with Gasteiger partial charge >= 0.3 is 0 Å². The first-order valence-electron chi connectivity index (χ1n) is 11.4. The first kappa shape index (κ1) is 22.9. The van der Waals surface area contributed by atoms with Crippen LogP contribution in [0.4, 0.5) is 0 Å². The number of rotatable bonds is 6. The van der Waals surface area contributed by atoms with Gasteiger partial charge in [0.2, 0.25) is 11.7 Å². The molecule has 176 valence electrons. The van der Waals surface area contributed by atoms with Crippen molar-refractivity contribution in [2.75, 3.05) is 5.75 Å². The van der Waals surface area contributed by atoms with Crippen molar-refractivity contribution in [3.8, 4) is 5.69 Å². The number of fused-ring (bicyclic) bond motifs is 3. The zero-order chi connectivity index (χ0) is 24.5. The van der Waals surface area contributed by atoms with E-state index in [9.17, 15) is 9.59 Å². The van der Waals surface area contributed by atoms with Gasteiger partial charge in [-0.25, -0.2) is 4.57 Å². The van der Waals surface area contributed by atoms with Gasteiger partial charge in [-0.1, -0.05) is 66.4 Å². The van der Waals surface area contributed by atoms with Crippen molar-refractivity contribution in [3.05, 3.63) is 99.8 Å². The first-order chi connectivity index (χ1) is 16.9. The van der Waals surface area contributed by atoms with Crippen molar-refractivity contribution in [3.63, 3.8) is 0 Å². The lowest BCUT2D eigenvalue weighted by molar-refractivity contribution is -0.119. The number of carbonyl (C=O) groups is 1. The van der Waals surface area contributed by atoms with Crippen molar-refractivity contribution in [1.29, 1.82) is 0 Å². The molecule has 0 saturated carbocycles. The number of hydrogen-bond donors (Lipinski definition) is 1. The van der Waals surface area contributed by atoms with Gasteiger partial charge in [-0.05, 0) is 55.7 Å². The number of benzene rings is 3. The molecule has 5 aromatic rings. The van der Waals surface area contributed by atoms with Crippen LogP contribution in [0.25, 0.3) is 22.4 Å². The molecule has 1 unspecified atom stereocenters. The average Bonchev–Trinajstić information content (AvgIpc) is 3.29. The summed E-state index contributed by atoms with van der Waals surface area (Å²) in [7, 11) is 0. The Labute approximate surface area is 206 Å². The van der Waals surface area contributed by atoms with E-state index >= 15 is 0 Å². The highest BCUT2D eigenvalue weighted by atomic mass is 32.2. The number of aromatic nitrogens is 4. The fourth-order valence-electron chi connectivity index (χ4n) is 4.19. The van der Waals surface area contributed by atoms with Gasteiger partial charge < -0.3 is 5.32 Å². The highest BCUT2D eigenvalue weighted by molar-refractivity contribution is 7.99. The van der Waals surface area contributed by atoms with Gasteiger partial charge in [-0.15, -0.1) is 10.2 Å². The molecule has 1 N–H and O–H groups in total. The van der Waals surface area contributed by atoms with Crippen molar-refractivity contribution < 1.29 is 4.79 Å². The minimum Gasteiger partial charge on any atom is -0.349 e. The minimum atomic E-state index is -0.153. The predicted molar refractivity (Wildman–Crippen MR) is 139 cm³/mol. The van der Waals surface area contributed by atoms with Crippen LogP contribution in [0.5, 0.6) is 0 Å².